The first-order valence-corrected chi connectivity index (χ1v) is 16.6. The van der Waals surface area contributed by atoms with Crippen LogP contribution in [0.1, 0.15) is 79.6 Å². The van der Waals surface area contributed by atoms with Crippen LogP contribution < -0.4 is 0 Å². The molecule has 0 fully saturated rings. The summed E-state index contributed by atoms with van der Waals surface area (Å²) in [5.41, 5.74) is 14.9. The van der Waals surface area contributed by atoms with Gasteiger partial charge < -0.3 is 0 Å². The molecule has 0 aliphatic rings. The summed E-state index contributed by atoms with van der Waals surface area (Å²) in [4.78, 5) is 0. The Bertz CT molecular complexity index is 1500. The molecule has 6 rings (SSSR count). The summed E-state index contributed by atoms with van der Waals surface area (Å²) in [5.74, 6) is 0. The van der Waals surface area contributed by atoms with E-state index >= 15 is 0 Å². The number of benzene rings is 6. The van der Waals surface area contributed by atoms with E-state index in [2.05, 4.69) is 187 Å². The summed E-state index contributed by atoms with van der Waals surface area (Å²) in [6.45, 7) is 13.1. The Balaban J connectivity index is 1.65. The molecule has 6 aromatic carbocycles. The summed E-state index contributed by atoms with van der Waals surface area (Å²) in [6.07, 6.45) is 1.83. The minimum Gasteiger partial charge on any atom is -0.0590 e. The van der Waals surface area contributed by atoms with Crippen LogP contribution in [0.4, 0.5) is 0 Å². The normalized spacial score (nSPS) is 11.9. The molecule has 0 atom stereocenters. The smallest absolute Gasteiger partial charge is 0.0451 e. The maximum absolute atomic E-state index is 2.36. The van der Waals surface area contributed by atoms with Crippen molar-refractivity contribution in [2.75, 3.05) is 0 Å². The van der Waals surface area contributed by atoms with E-state index in [-0.39, 0.29) is 10.8 Å². The average molecular weight is 599 g/mol. The maximum Gasteiger partial charge on any atom is 0.0451 e. The van der Waals surface area contributed by atoms with Gasteiger partial charge in [-0.2, -0.15) is 0 Å². The van der Waals surface area contributed by atoms with Gasteiger partial charge in [0.15, 0.2) is 0 Å². The molecule has 0 radical (unpaired) electrons. The molecule has 0 aliphatic carbocycles. The fourth-order valence-electron chi connectivity index (χ4n) is 7.27. The summed E-state index contributed by atoms with van der Waals surface area (Å²) in [7, 11) is 0. The lowest BCUT2D eigenvalue weighted by atomic mass is 9.60. The minimum absolute atomic E-state index is 0.361. The van der Waals surface area contributed by atoms with Crippen LogP contribution in [0.2, 0.25) is 0 Å². The molecule has 0 saturated carbocycles. The molecule has 0 nitrogen and oxygen atoms in total. The number of aryl methyl sites for hydroxylation is 6. The van der Waals surface area contributed by atoms with E-state index in [0.717, 1.165) is 12.8 Å². The lowest BCUT2D eigenvalue weighted by Crippen LogP contribution is -2.36. The topological polar surface area (TPSA) is 0 Å². The Morgan fingerprint density at radius 2 is 0.370 bits per heavy atom. The monoisotopic (exact) mass is 598 g/mol. The second-order valence-electron chi connectivity index (χ2n) is 13.5. The van der Waals surface area contributed by atoms with Gasteiger partial charge >= 0.3 is 0 Å². The Morgan fingerprint density at radius 1 is 0.239 bits per heavy atom. The molecule has 0 saturated heterocycles. The van der Waals surface area contributed by atoms with Crippen LogP contribution in [0.5, 0.6) is 0 Å². The van der Waals surface area contributed by atoms with Gasteiger partial charge in [-0.3, -0.25) is 0 Å². The zero-order valence-corrected chi connectivity index (χ0v) is 28.3. The number of rotatable bonds is 9. The fourth-order valence-corrected chi connectivity index (χ4v) is 7.27. The van der Waals surface area contributed by atoms with Crippen LogP contribution in [-0.2, 0) is 10.8 Å². The third-order valence-corrected chi connectivity index (χ3v) is 10.1. The molecule has 230 valence electrons. The first-order valence-electron chi connectivity index (χ1n) is 16.6. The van der Waals surface area contributed by atoms with Crippen molar-refractivity contribution in [2.45, 2.75) is 65.2 Å². The SMILES string of the molecule is Cc1ccc(C(CCC(c2ccc(C)cc2)(c2ccc(C)cc2)c2ccc(C)cc2)(c2ccc(C)cc2)c2ccc(C)cc2)cc1. The molecule has 0 spiro atoms. The van der Waals surface area contributed by atoms with Crippen molar-refractivity contribution < 1.29 is 0 Å². The largest absolute Gasteiger partial charge is 0.0590 e. The van der Waals surface area contributed by atoms with Crippen molar-refractivity contribution in [1.82, 2.24) is 0 Å². The first kappa shape index (κ1) is 31.3. The van der Waals surface area contributed by atoms with Gasteiger partial charge in [-0.15, -0.1) is 0 Å². The average Bonchev–Trinajstić information content (AvgIpc) is 3.07. The molecule has 0 unspecified atom stereocenters. The zero-order chi connectivity index (χ0) is 32.3. The number of hydrogen-bond donors (Lipinski definition) is 0. The lowest BCUT2D eigenvalue weighted by molar-refractivity contribution is 0.451. The molecule has 0 heteroatoms. The highest BCUT2D eigenvalue weighted by Crippen LogP contribution is 2.50. The van der Waals surface area contributed by atoms with Gasteiger partial charge in [-0.05, 0) is 87.8 Å². The fraction of sp³-hybridized carbons (Fsp3) is 0.217. The maximum atomic E-state index is 2.36. The van der Waals surface area contributed by atoms with Gasteiger partial charge in [-0.25, -0.2) is 0 Å². The minimum atomic E-state index is -0.361. The van der Waals surface area contributed by atoms with E-state index in [1.807, 2.05) is 0 Å². The first-order chi connectivity index (χ1) is 22.2. The summed E-state index contributed by atoms with van der Waals surface area (Å²) >= 11 is 0. The van der Waals surface area contributed by atoms with Crippen LogP contribution in [0.3, 0.4) is 0 Å². The molecule has 46 heavy (non-hydrogen) atoms. The van der Waals surface area contributed by atoms with Gasteiger partial charge in [0.05, 0.1) is 0 Å². The van der Waals surface area contributed by atoms with E-state index in [9.17, 15) is 0 Å². The molecule has 0 amide bonds. The standard InChI is InChI=1S/C46H46/c1-33-7-19-39(20-8-33)45(40-21-9-34(2)10-22-40,41-23-11-35(3)12-24-41)31-32-46(42-25-13-36(4)14-26-42,43-27-15-37(5)16-28-43)44-29-17-38(6)18-30-44/h7-30H,31-32H2,1-6H3. The van der Waals surface area contributed by atoms with Crippen LogP contribution in [0, 0.1) is 41.5 Å². The highest BCUT2D eigenvalue weighted by molar-refractivity contribution is 5.55. The second-order valence-corrected chi connectivity index (χ2v) is 13.5. The van der Waals surface area contributed by atoms with Crippen LogP contribution in [0.15, 0.2) is 146 Å². The molecule has 0 N–H and O–H groups in total. The van der Waals surface area contributed by atoms with Crippen molar-refractivity contribution in [3.8, 4) is 0 Å². The third-order valence-electron chi connectivity index (χ3n) is 10.1. The van der Waals surface area contributed by atoms with E-state index in [4.69, 9.17) is 0 Å². The number of hydrogen-bond acceptors (Lipinski definition) is 0. The third kappa shape index (κ3) is 5.97. The van der Waals surface area contributed by atoms with E-state index in [1.54, 1.807) is 0 Å². The summed E-state index contributed by atoms with van der Waals surface area (Å²) < 4.78 is 0. The van der Waals surface area contributed by atoms with Crippen LogP contribution >= 0.6 is 0 Å². The van der Waals surface area contributed by atoms with Crippen molar-refractivity contribution >= 4 is 0 Å². The summed E-state index contributed by atoms with van der Waals surface area (Å²) in [6, 6.07) is 55.7. The predicted octanol–water partition coefficient (Wildman–Crippen LogP) is 11.7. The zero-order valence-electron chi connectivity index (χ0n) is 28.3. The van der Waals surface area contributed by atoms with Gasteiger partial charge in [0.1, 0.15) is 0 Å². The molecule has 0 heterocycles. The van der Waals surface area contributed by atoms with Gasteiger partial charge in [0.2, 0.25) is 0 Å². The molecular weight excluding hydrogens is 553 g/mol. The highest BCUT2D eigenvalue weighted by Gasteiger charge is 2.42. The quantitative estimate of drug-likeness (QED) is 0.145. The van der Waals surface area contributed by atoms with Gasteiger partial charge in [0, 0.05) is 10.8 Å². The van der Waals surface area contributed by atoms with Gasteiger partial charge in [0.25, 0.3) is 0 Å². The Morgan fingerprint density at radius 3 is 0.500 bits per heavy atom. The molecular formula is C46H46. The van der Waals surface area contributed by atoms with Gasteiger partial charge in [-0.1, -0.05) is 179 Å². The van der Waals surface area contributed by atoms with Crippen molar-refractivity contribution in [3.63, 3.8) is 0 Å². The van der Waals surface area contributed by atoms with Crippen molar-refractivity contribution in [2.24, 2.45) is 0 Å². The molecule has 0 aliphatic heterocycles. The van der Waals surface area contributed by atoms with E-state index in [1.165, 1.54) is 66.8 Å². The second kappa shape index (κ2) is 13.0. The molecule has 0 bridgehead atoms. The van der Waals surface area contributed by atoms with Crippen molar-refractivity contribution in [3.05, 3.63) is 212 Å². The molecule has 0 aromatic heterocycles. The Kier molecular flexibility index (Phi) is 8.83. The van der Waals surface area contributed by atoms with E-state index < -0.39 is 0 Å². The van der Waals surface area contributed by atoms with E-state index in [0.29, 0.717) is 0 Å². The lowest BCUT2D eigenvalue weighted by Gasteiger charge is -2.42. The predicted molar refractivity (Wildman–Crippen MR) is 196 cm³/mol. The van der Waals surface area contributed by atoms with Crippen LogP contribution in [-0.4, -0.2) is 0 Å². The highest BCUT2D eigenvalue weighted by atomic mass is 14.4. The molecule has 6 aromatic rings. The Hall–Kier alpha value is -4.68. The summed E-state index contributed by atoms with van der Waals surface area (Å²) in [5, 5.41) is 0. The van der Waals surface area contributed by atoms with Crippen molar-refractivity contribution in [1.29, 1.82) is 0 Å². The Labute approximate surface area is 276 Å². The van der Waals surface area contributed by atoms with Crippen LogP contribution in [0.25, 0.3) is 0 Å².